The molecule has 0 saturated carbocycles. The molecule has 0 heterocycles. The predicted octanol–water partition coefficient (Wildman–Crippen LogP) is 1.72. The van der Waals surface area contributed by atoms with Crippen LogP contribution in [0.5, 0.6) is 0 Å². The first-order valence-electron chi connectivity index (χ1n) is 2.67. The van der Waals surface area contributed by atoms with Crippen molar-refractivity contribution < 1.29 is 4.74 Å². The zero-order valence-corrected chi connectivity index (χ0v) is 9.92. The lowest BCUT2D eigenvalue weighted by Gasteiger charge is -2.09. The molecule has 0 fully saturated rings. The third-order valence-corrected chi connectivity index (χ3v) is 1.50. The molecular weight excluding hydrogens is 344 g/mol. The molecule has 0 aromatic rings. The first-order valence-corrected chi connectivity index (χ1v) is 5.16. The van der Waals surface area contributed by atoms with E-state index in [4.69, 9.17) is 4.74 Å². The number of likely N-dealkylation sites (N-methyl/N-ethyl adjacent to an activating group) is 1. The first kappa shape index (κ1) is 10.4. The van der Waals surface area contributed by atoms with Gasteiger partial charge in [-0.15, -0.1) is 0 Å². The minimum absolute atomic E-state index is 0.306. The van der Waals surface area contributed by atoms with Crippen LogP contribution in [-0.4, -0.2) is 34.3 Å². The van der Waals surface area contributed by atoms with E-state index < -0.39 is 0 Å². The quantitative estimate of drug-likeness (QED) is 0.563. The van der Waals surface area contributed by atoms with Crippen LogP contribution in [0.1, 0.15) is 0 Å². The highest BCUT2D eigenvalue weighted by Gasteiger charge is 1.95. The lowest BCUT2D eigenvalue weighted by molar-refractivity contribution is 0.157. The Morgan fingerprint density at radius 3 is 2.33 bits per heavy atom. The van der Waals surface area contributed by atoms with E-state index in [0.29, 0.717) is 2.12 Å². The number of halogens is 2. The molecule has 0 aliphatic rings. The number of rotatable bonds is 4. The van der Waals surface area contributed by atoms with Crippen molar-refractivity contribution in [3.63, 3.8) is 0 Å². The van der Waals surface area contributed by atoms with Gasteiger partial charge in [-0.1, -0.05) is 0 Å². The smallest absolute Gasteiger partial charge is 0.159 e. The SMILES string of the molecule is CN(C)CCOC(I)I. The van der Waals surface area contributed by atoms with E-state index in [1.807, 2.05) is 14.1 Å². The predicted molar refractivity (Wildman–Crippen MR) is 56.3 cm³/mol. The van der Waals surface area contributed by atoms with E-state index in [-0.39, 0.29) is 0 Å². The summed E-state index contributed by atoms with van der Waals surface area (Å²) in [6, 6.07) is 0. The van der Waals surface area contributed by atoms with Crippen molar-refractivity contribution >= 4 is 45.2 Å². The molecule has 0 aromatic carbocycles. The van der Waals surface area contributed by atoms with E-state index in [1.165, 1.54) is 0 Å². The summed E-state index contributed by atoms with van der Waals surface area (Å²) < 4.78 is 5.59. The fraction of sp³-hybridized carbons (Fsp3) is 1.00. The second kappa shape index (κ2) is 6.11. The summed E-state index contributed by atoms with van der Waals surface area (Å²) in [6.07, 6.45) is 0. The van der Waals surface area contributed by atoms with Gasteiger partial charge in [-0.05, 0) is 59.3 Å². The number of nitrogens with zero attached hydrogens (tertiary/aromatic N) is 1. The third kappa shape index (κ3) is 9.38. The molecule has 0 bridgehead atoms. The molecule has 0 spiro atoms. The van der Waals surface area contributed by atoms with Gasteiger partial charge in [0.1, 0.15) is 0 Å². The molecule has 0 N–H and O–H groups in total. The Bertz CT molecular complexity index is 60.0. The van der Waals surface area contributed by atoms with Crippen LogP contribution in [0, 0.1) is 0 Å². The van der Waals surface area contributed by atoms with Crippen LogP contribution in [0.15, 0.2) is 0 Å². The molecule has 0 aromatic heterocycles. The Kier molecular flexibility index (Phi) is 7.05. The average Bonchev–Trinajstić information content (AvgIpc) is 1.63. The minimum atomic E-state index is 0.306. The summed E-state index contributed by atoms with van der Waals surface area (Å²) in [5, 5.41) is 0. The Hall–Kier alpha value is 1.38. The molecule has 0 aliphatic carbocycles. The Morgan fingerprint density at radius 1 is 1.44 bits per heavy atom. The van der Waals surface area contributed by atoms with E-state index in [9.17, 15) is 0 Å². The molecule has 0 unspecified atom stereocenters. The van der Waals surface area contributed by atoms with E-state index in [1.54, 1.807) is 0 Å². The molecule has 0 amide bonds. The highest BCUT2D eigenvalue weighted by atomic mass is 127. The van der Waals surface area contributed by atoms with Crippen molar-refractivity contribution in [2.75, 3.05) is 27.2 Å². The molecule has 0 atom stereocenters. The maximum atomic E-state index is 5.28. The fourth-order valence-electron chi connectivity index (χ4n) is 0.324. The molecule has 0 rings (SSSR count). The highest BCUT2D eigenvalue weighted by molar-refractivity contribution is 14.2. The summed E-state index contributed by atoms with van der Waals surface area (Å²) in [5.41, 5.74) is 0. The van der Waals surface area contributed by atoms with Gasteiger partial charge in [0.15, 0.2) is 2.12 Å². The van der Waals surface area contributed by atoms with E-state index in [0.717, 1.165) is 13.2 Å². The molecule has 56 valence electrons. The van der Waals surface area contributed by atoms with Crippen molar-refractivity contribution in [3.8, 4) is 0 Å². The molecule has 2 nitrogen and oxygen atoms in total. The normalized spacial score (nSPS) is 11.3. The third-order valence-electron chi connectivity index (χ3n) is 0.782. The standard InChI is InChI=1S/C5H11I2NO/c1-8(2)3-4-9-5(6)7/h5H,3-4H2,1-2H3. The fourth-order valence-corrected chi connectivity index (χ4v) is 0.833. The molecular formula is C5H11I2NO. The summed E-state index contributed by atoms with van der Waals surface area (Å²) in [6.45, 7) is 1.83. The van der Waals surface area contributed by atoms with Gasteiger partial charge in [0, 0.05) is 6.54 Å². The van der Waals surface area contributed by atoms with Crippen LogP contribution in [0.2, 0.25) is 0 Å². The summed E-state index contributed by atoms with van der Waals surface area (Å²) >= 11 is 4.47. The van der Waals surface area contributed by atoms with Crippen LogP contribution >= 0.6 is 45.2 Å². The number of ether oxygens (including phenoxy) is 1. The van der Waals surface area contributed by atoms with Gasteiger partial charge >= 0.3 is 0 Å². The van der Waals surface area contributed by atoms with Crippen molar-refractivity contribution in [1.82, 2.24) is 4.90 Å². The van der Waals surface area contributed by atoms with E-state index in [2.05, 4.69) is 50.1 Å². The van der Waals surface area contributed by atoms with Gasteiger partial charge in [0.25, 0.3) is 0 Å². The van der Waals surface area contributed by atoms with Crippen LogP contribution in [0.3, 0.4) is 0 Å². The van der Waals surface area contributed by atoms with Gasteiger partial charge in [-0.3, -0.25) is 0 Å². The van der Waals surface area contributed by atoms with Crippen LogP contribution in [0.25, 0.3) is 0 Å². The largest absolute Gasteiger partial charge is 0.357 e. The zero-order valence-electron chi connectivity index (χ0n) is 5.60. The maximum Gasteiger partial charge on any atom is 0.159 e. The summed E-state index contributed by atoms with van der Waals surface area (Å²) in [4.78, 5) is 2.11. The van der Waals surface area contributed by atoms with Crippen LogP contribution in [-0.2, 0) is 4.74 Å². The van der Waals surface area contributed by atoms with Gasteiger partial charge in [0.05, 0.1) is 6.61 Å². The van der Waals surface area contributed by atoms with Crippen molar-refractivity contribution in [3.05, 3.63) is 0 Å². The summed E-state index contributed by atoms with van der Waals surface area (Å²) in [5.74, 6) is 0. The Balaban J connectivity index is 2.91. The highest BCUT2D eigenvalue weighted by Crippen LogP contribution is 2.09. The second-order valence-corrected chi connectivity index (χ2v) is 6.58. The van der Waals surface area contributed by atoms with Crippen molar-refractivity contribution in [1.29, 1.82) is 0 Å². The monoisotopic (exact) mass is 355 g/mol. The Morgan fingerprint density at radius 2 is 2.00 bits per heavy atom. The van der Waals surface area contributed by atoms with Gasteiger partial charge in [-0.25, -0.2) is 0 Å². The molecule has 0 saturated heterocycles. The van der Waals surface area contributed by atoms with Gasteiger partial charge in [-0.2, -0.15) is 0 Å². The van der Waals surface area contributed by atoms with Crippen LogP contribution in [0.4, 0.5) is 0 Å². The van der Waals surface area contributed by atoms with Crippen molar-refractivity contribution in [2.45, 2.75) is 2.12 Å². The maximum absolute atomic E-state index is 5.28. The molecule has 0 radical (unpaired) electrons. The summed E-state index contributed by atoms with van der Waals surface area (Å²) in [7, 11) is 4.08. The Labute approximate surface area is 83.6 Å². The van der Waals surface area contributed by atoms with E-state index >= 15 is 0 Å². The minimum Gasteiger partial charge on any atom is -0.357 e. The number of hydrogen-bond donors (Lipinski definition) is 0. The van der Waals surface area contributed by atoms with Gasteiger partial charge in [0.2, 0.25) is 0 Å². The van der Waals surface area contributed by atoms with Crippen LogP contribution < -0.4 is 0 Å². The topological polar surface area (TPSA) is 12.5 Å². The molecule has 9 heavy (non-hydrogen) atoms. The van der Waals surface area contributed by atoms with Crippen molar-refractivity contribution in [2.24, 2.45) is 0 Å². The number of alkyl halides is 2. The number of hydrogen-bond acceptors (Lipinski definition) is 2. The van der Waals surface area contributed by atoms with Gasteiger partial charge < -0.3 is 9.64 Å². The molecule has 0 aliphatic heterocycles. The average molecular weight is 355 g/mol. The molecule has 4 heteroatoms. The lowest BCUT2D eigenvalue weighted by Crippen LogP contribution is -2.18. The lowest BCUT2D eigenvalue weighted by atomic mass is 10.6. The first-order chi connectivity index (χ1) is 4.13. The zero-order chi connectivity index (χ0) is 7.28. The second-order valence-electron chi connectivity index (χ2n) is 1.93.